The lowest BCUT2D eigenvalue weighted by molar-refractivity contribution is -0.570. The van der Waals surface area contributed by atoms with Gasteiger partial charge >= 0.3 is 6.23 Å². The SMILES string of the molecule is COc1ccc2ccccc2c1[C@H]1C2=C(CCCC2=O)O[C@@H]1[N+](=O)[O-]. The van der Waals surface area contributed by atoms with Crippen molar-refractivity contribution in [1.82, 2.24) is 0 Å². The van der Waals surface area contributed by atoms with Gasteiger partial charge in [-0.2, -0.15) is 0 Å². The molecule has 0 spiro atoms. The topological polar surface area (TPSA) is 78.7 Å². The molecule has 6 heteroatoms. The van der Waals surface area contributed by atoms with Gasteiger partial charge in [0.2, 0.25) is 0 Å². The van der Waals surface area contributed by atoms with Gasteiger partial charge in [0.1, 0.15) is 17.4 Å². The standard InChI is InChI=1S/C19H17NO5/c1-24-14-10-9-11-5-2-3-6-12(11)16(14)18-17-13(21)7-4-8-15(17)25-19(18)20(22)23/h2-3,5-6,9-10,18-19H,4,7-8H2,1H3/t18-,19-/m0/s1. The average Bonchev–Trinajstić information content (AvgIpc) is 3.01. The molecule has 1 aliphatic heterocycles. The molecule has 0 radical (unpaired) electrons. The summed E-state index contributed by atoms with van der Waals surface area (Å²) in [4.78, 5) is 23.8. The predicted octanol–water partition coefficient (Wildman–Crippen LogP) is 3.57. The minimum Gasteiger partial charge on any atom is -0.496 e. The number of hydrogen-bond acceptors (Lipinski definition) is 5. The second-order valence-corrected chi connectivity index (χ2v) is 6.29. The number of carbonyl (C=O) groups is 1. The Morgan fingerprint density at radius 2 is 2.00 bits per heavy atom. The molecule has 0 bridgehead atoms. The van der Waals surface area contributed by atoms with Crippen LogP contribution in [0.25, 0.3) is 10.8 Å². The lowest BCUT2D eigenvalue weighted by Gasteiger charge is -2.20. The van der Waals surface area contributed by atoms with Crippen LogP contribution >= 0.6 is 0 Å². The number of fused-ring (bicyclic) bond motifs is 1. The quantitative estimate of drug-likeness (QED) is 0.631. The van der Waals surface area contributed by atoms with E-state index in [0.717, 1.165) is 10.8 Å². The molecule has 0 fully saturated rings. The summed E-state index contributed by atoms with van der Waals surface area (Å²) in [6, 6.07) is 11.3. The van der Waals surface area contributed by atoms with Gasteiger partial charge in [-0.15, -0.1) is 0 Å². The van der Waals surface area contributed by atoms with Crippen LogP contribution in [-0.4, -0.2) is 24.0 Å². The number of ether oxygens (including phenoxy) is 2. The summed E-state index contributed by atoms with van der Waals surface area (Å²) in [5, 5.41) is 13.5. The maximum absolute atomic E-state index is 12.6. The summed E-state index contributed by atoms with van der Waals surface area (Å²) < 4.78 is 11.1. The monoisotopic (exact) mass is 339 g/mol. The third kappa shape index (κ3) is 2.36. The smallest absolute Gasteiger partial charge is 0.364 e. The summed E-state index contributed by atoms with van der Waals surface area (Å²) >= 11 is 0. The molecule has 4 rings (SSSR count). The summed E-state index contributed by atoms with van der Waals surface area (Å²) in [7, 11) is 1.53. The highest BCUT2D eigenvalue weighted by Gasteiger charge is 2.50. The lowest BCUT2D eigenvalue weighted by atomic mass is 9.81. The number of nitrogens with zero attached hydrogens (tertiary/aromatic N) is 1. The Labute approximate surface area is 144 Å². The van der Waals surface area contributed by atoms with E-state index < -0.39 is 17.1 Å². The number of methoxy groups -OCH3 is 1. The zero-order valence-corrected chi connectivity index (χ0v) is 13.7. The van der Waals surface area contributed by atoms with Crippen molar-refractivity contribution in [3.63, 3.8) is 0 Å². The number of Topliss-reactive ketones (excluding diaryl/α,β-unsaturated/α-hetero) is 1. The van der Waals surface area contributed by atoms with E-state index in [9.17, 15) is 14.9 Å². The molecule has 0 amide bonds. The Balaban J connectivity index is 2.00. The molecular weight excluding hydrogens is 322 g/mol. The first-order valence-corrected chi connectivity index (χ1v) is 8.24. The zero-order chi connectivity index (χ0) is 17.6. The van der Waals surface area contributed by atoms with E-state index in [4.69, 9.17) is 9.47 Å². The first-order valence-electron chi connectivity index (χ1n) is 8.24. The number of ketones is 1. The van der Waals surface area contributed by atoms with Gasteiger partial charge in [0, 0.05) is 18.4 Å². The fourth-order valence-electron chi connectivity index (χ4n) is 3.89. The van der Waals surface area contributed by atoms with E-state index in [-0.39, 0.29) is 5.78 Å². The number of carbonyl (C=O) groups excluding carboxylic acids is 1. The van der Waals surface area contributed by atoms with Gasteiger partial charge in [-0.1, -0.05) is 30.3 Å². The molecule has 1 aliphatic carbocycles. The molecule has 0 aromatic heterocycles. The number of nitro groups is 1. The van der Waals surface area contributed by atoms with Gasteiger partial charge in [0.15, 0.2) is 5.78 Å². The van der Waals surface area contributed by atoms with Crippen molar-refractivity contribution >= 4 is 16.6 Å². The van der Waals surface area contributed by atoms with E-state index in [1.807, 2.05) is 30.3 Å². The molecule has 6 nitrogen and oxygen atoms in total. The number of benzene rings is 2. The molecule has 1 heterocycles. The van der Waals surface area contributed by atoms with Crippen LogP contribution in [0.5, 0.6) is 5.75 Å². The second kappa shape index (κ2) is 5.88. The summed E-state index contributed by atoms with van der Waals surface area (Å²) in [5.74, 6) is 0.189. The molecule has 0 N–H and O–H groups in total. The third-order valence-corrected chi connectivity index (χ3v) is 4.94. The summed E-state index contributed by atoms with van der Waals surface area (Å²) in [5.41, 5.74) is 1.10. The maximum atomic E-state index is 12.6. The Hall–Kier alpha value is -2.89. The van der Waals surface area contributed by atoms with Crippen molar-refractivity contribution in [2.45, 2.75) is 31.4 Å². The summed E-state index contributed by atoms with van der Waals surface area (Å²) in [6.45, 7) is 0. The Kier molecular flexibility index (Phi) is 3.67. The van der Waals surface area contributed by atoms with E-state index in [0.29, 0.717) is 41.9 Å². The first-order chi connectivity index (χ1) is 12.1. The van der Waals surface area contributed by atoms with E-state index in [2.05, 4.69) is 0 Å². The zero-order valence-electron chi connectivity index (χ0n) is 13.7. The maximum Gasteiger partial charge on any atom is 0.364 e. The van der Waals surface area contributed by atoms with Crippen molar-refractivity contribution in [1.29, 1.82) is 0 Å². The van der Waals surface area contributed by atoms with Crippen LogP contribution in [0.2, 0.25) is 0 Å². The number of allylic oxidation sites excluding steroid dienone is 1. The van der Waals surface area contributed by atoms with Crippen LogP contribution in [0.1, 0.15) is 30.7 Å². The molecule has 2 aromatic rings. The van der Waals surface area contributed by atoms with Gasteiger partial charge in [-0.3, -0.25) is 14.9 Å². The van der Waals surface area contributed by atoms with Gasteiger partial charge in [-0.05, 0) is 23.3 Å². The highest BCUT2D eigenvalue weighted by atomic mass is 16.7. The molecule has 0 unspecified atom stereocenters. The van der Waals surface area contributed by atoms with Crippen molar-refractivity contribution in [3.8, 4) is 5.75 Å². The van der Waals surface area contributed by atoms with Crippen molar-refractivity contribution in [2.75, 3.05) is 7.11 Å². The molecule has 2 aromatic carbocycles. The fraction of sp³-hybridized carbons (Fsp3) is 0.316. The molecule has 128 valence electrons. The van der Waals surface area contributed by atoms with Gasteiger partial charge in [0.05, 0.1) is 17.6 Å². The Morgan fingerprint density at radius 1 is 1.20 bits per heavy atom. The minimum absolute atomic E-state index is 0.0643. The van der Waals surface area contributed by atoms with Crippen molar-refractivity contribution < 1.29 is 19.2 Å². The normalized spacial score (nSPS) is 22.7. The molecule has 2 aliphatic rings. The first kappa shape index (κ1) is 15.6. The molecular formula is C19H17NO5. The molecule has 0 saturated carbocycles. The Morgan fingerprint density at radius 3 is 2.76 bits per heavy atom. The summed E-state index contributed by atoms with van der Waals surface area (Å²) in [6.07, 6.45) is 0.332. The van der Waals surface area contributed by atoms with Gasteiger partial charge < -0.3 is 9.47 Å². The van der Waals surface area contributed by atoms with Crippen LogP contribution in [0, 0.1) is 10.1 Å². The van der Waals surface area contributed by atoms with E-state index >= 15 is 0 Å². The highest BCUT2D eigenvalue weighted by Crippen LogP contribution is 2.48. The molecule has 2 atom stereocenters. The number of hydrogen-bond donors (Lipinski definition) is 0. The third-order valence-electron chi connectivity index (χ3n) is 4.94. The van der Waals surface area contributed by atoms with Gasteiger partial charge in [0.25, 0.3) is 0 Å². The van der Waals surface area contributed by atoms with E-state index in [1.165, 1.54) is 7.11 Å². The molecule has 0 saturated heterocycles. The van der Waals surface area contributed by atoms with Crippen molar-refractivity contribution in [2.24, 2.45) is 0 Å². The van der Waals surface area contributed by atoms with Crippen LogP contribution < -0.4 is 4.74 Å². The largest absolute Gasteiger partial charge is 0.496 e. The fourth-order valence-corrected chi connectivity index (χ4v) is 3.89. The number of rotatable bonds is 3. The second-order valence-electron chi connectivity index (χ2n) is 6.29. The van der Waals surface area contributed by atoms with Gasteiger partial charge in [-0.25, -0.2) is 0 Å². The highest BCUT2D eigenvalue weighted by molar-refractivity contribution is 6.00. The minimum atomic E-state index is -1.30. The average molecular weight is 339 g/mol. The van der Waals surface area contributed by atoms with Crippen LogP contribution in [0.3, 0.4) is 0 Å². The van der Waals surface area contributed by atoms with Crippen LogP contribution in [0.4, 0.5) is 0 Å². The van der Waals surface area contributed by atoms with E-state index in [1.54, 1.807) is 6.07 Å². The van der Waals surface area contributed by atoms with Crippen LogP contribution in [0.15, 0.2) is 47.7 Å². The van der Waals surface area contributed by atoms with Crippen molar-refractivity contribution in [3.05, 3.63) is 63.4 Å². The predicted molar refractivity (Wildman–Crippen MR) is 91.0 cm³/mol. The lowest BCUT2D eigenvalue weighted by Crippen LogP contribution is -2.28. The van der Waals surface area contributed by atoms with Crippen LogP contribution in [-0.2, 0) is 9.53 Å². The molecule has 25 heavy (non-hydrogen) atoms. The Bertz CT molecular complexity index is 917.